The van der Waals surface area contributed by atoms with Crippen molar-refractivity contribution in [2.75, 3.05) is 212 Å². The Morgan fingerprint density at radius 1 is 0.598 bits per heavy atom. The first kappa shape index (κ1) is 112. The predicted octanol–water partition coefficient (Wildman–Crippen LogP) is 5.46. The number of anilines is 1. The molecule has 0 aromatic heterocycles. The van der Waals surface area contributed by atoms with Crippen LogP contribution in [0.4, 0.5) is 10.5 Å². The summed E-state index contributed by atoms with van der Waals surface area (Å²) in [6, 6.07) is 10.2. The number of carboxylic acids is 1. The molecule has 0 unspecified atom stereocenters. The molecule has 0 bridgehead atoms. The fourth-order valence-corrected chi connectivity index (χ4v) is 14.6. The van der Waals surface area contributed by atoms with Gasteiger partial charge >= 0.3 is 12.1 Å². The average molecular weight is 1810 g/mol. The number of likely N-dealkylation sites (tertiary alicyclic amines) is 1. The van der Waals surface area contributed by atoms with E-state index in [0.717, 1.165) is 11.0 Å². The molecule has 2 aliphatic heterocycles. The van der Waals surface area contributed by atoms with Crippen molar-refractivity contribution >= 4 is 58.9 Å². The van der Waals surface area contributed by atoms with Crippen LogP contribution in [0.2, 0.25) is 0 Å². The van der Waals surface area contributed by atoms with Crippen LogP contribution < -0.4 is 26.4 Å². The van der Waals surface area contributed by atoms with Gasteiger partial charge in [0.05, 0.1) is 207 Å². The number of aliphatic hydroxyl groups excluding tert-OH is 3. The summed E-state index contributed by atoms with van der Waals surface area (Å²) < 4.78 is 94.5. The van der Waals surface area contributed by atoms with Crippen molar-refractivity contribution < 1.29 is 144 Å². The van der Waals surface area contributed by atoms with Crippen molar-refractivity contribution in [1.82, 2.24) is 25.3 Å². The van der Waals surface area contributed by atoms with E-state index in [2.05, 4.69) is 16.0 Å². The van der Waals surface area contributed by atoms with E-state index < -0.39 is 121 Å². The smallest absolute Gasteiger partial charge is 0.410 e. The van der Waals surface area contributed by atoms with Crippen LogP contribution in [0, 0.1) is 35.5 Å². The first-order valence-corrected chi connectivity index (χ1v) is 44.5. The number of nitrogens with two attached hydrogens (primary N) is 1. The van der Waals surface area contributed by atoms with Gasteiger partial charge in [0.25, 0.3) is 6.29 Å². The monoisotopic (exact) mass is 1810 g/mol. The molecular weight excluding hydrogens is 1660 g/mol. The second kappa shape index (κ2) is 65.1. The number of likely N-dealkylation sites (N-methyl/N-ethyl adjacent to an activating group) is 2. The second-order valence-electron chi connectivity index (χ2n) is 32.2. The summed E-state index contributed by atoms with van der Waals surface area (Å²) in [5, 5.41) is 50.2. The first-order chi connectivity index (χ1) is 61.0. The Kier molecular flexibility index (Phi) is 57.3. The summed E-state index contributed by atoms with van der Waals surface area (Å²) >= 11 is 0. The molecule has 2 aromatic rings. The van der Waals surface area contributed by atoms with Gasteiger partial charge in [0.15, 0.2) is 11.9 Å². The Morgan fingerprint density at radius 3 is 1.63 bits per heavy atom. The molecule has 6 amide bonds. The van der Waals surface area contributed by atoms with Gasteiger partial charge in [-0.15, -0.1) is 0 Å². The normalized spacial score (nSPS) is 17.6. The fraction of sp³-hybridized carbons (Fsp3) is 0.744. The minimum atomic E-state index is -1.80. The van der Waals surface area contributed by atoms with E-state index in [-0.39, 0.29) is 110 Å². The maximum Gasteiger partial charge on any atom is 0.410 e. The zero-order chi connectivity index (χ0) is 93.4. The van der Waals surface area contributed by atoms with E-state index in [1.165, 1.54) is 39.5 Å². The third kappa shape index (κ3) is 42.9. The molecule has 37 nitrogen and oxygen atoms in total. The van der Waals surface area contributed by atoms with Gasteiger partial charge in [-0.25, -0.2) is 9.59 Å². The number of aliphatic hydroxyl groups is 3. The number of ketones is 2. The Hall–Kier alpha value is -7.51. The lowest BCUT2D eigenvalue weighted by Crippen LogP contribution is -2.54. The third-order valence-corrected chi connectivity index (χ3v) is 22.0. The molecule has 9 N–H and O–H groups in total. The highest BCUT2D eigenvalue weighted by Crippen LogP contribution is 2.35. The van der Waals surface area contributed by atoms with Crippen LogP contribution in [0.25, 0.3) is 0 Å². The summed E-state index contributed by atoms with van der Waals surface area (Å²) in [6.07, 6.45) is -4.93. The lowest BCUT2D eigenvalue weighted by molar-refractivity contribution is -0.172. The highest BCUT2D eigenvalue weighted by molar-refractivity contribution is 5.94. The van der Waals surface area contributed by atoms with Crippen molar-refractivity contribution in [2.45, 2.75) is 194 Å². The maximum absolute atomic E-state index is 15.0. The lowest BCUT2D eigenvalue weighted by atomic mass is 9.83. The summed E-state index contributed by atoms with van der Waals surface area (Å²) in [4.78, 5) is 128. The lowest BCUT2D eigenvalue weighted by Gasteiger charge is -2.41. The Morgan fingerprint density at radius 2 is 1.13 bits per heavy atom. The van der Waals surface area contributed by atoms with Crippen molar-refractivity contribution in [3.63, 3.8) is 0 Å². The summed E-state index contributed by atoms with van der Waals surface area (Å²) in [6.45, 7) is 24.9. The predicted molar refractivity (Wildman–Crippen MR) is 467 cm³/mol. The van der Waals surface area contributed by atoms with Gasteiger partial charge in [0.2, 0.25) is 35.3 Å². The van der Waals surface area contributed by atoms with E-state index in [1.807, 2.05) is 65.0 Å². The Labute approximate surface area is 749 Å². The third-order valence-electron chi connectivity index (χ3n) is 22.0. The van der Waals surface area contributed by atoms with E-state index in [9.17, 15) is 58.8 Å². The van der Waals surface area contributed by atoms with Gasteiger partial charge in [0, 0.05) is 92.6 Å². The molecule has 0 spiro atoms. The summed E-state index contributed by atoms with van der Waals surface area (Å²) in [7, 11) is 7.72. The van der Waals surface area contributed by atoms with E-state index in [0.29, 0.717) is 196 Å². The number of carbonyl (C=O) groups excluding carboxylic acids is 8. The van der Waals surface area contributed by atoms with E-state index in [4.69, 9.17) is 86.3 Å². The second-order valence-corrected chi connectivity index (χ2v) is 32.2. The van der Waals surface area contributed by atoms with Crippen LogP contribution in [-0.2, 0) is 121 Å². The van der Waals surface area contributed by atoms with Crippen LogP contribution in [-0.4, -0.2) is 350 Å². The summed E-state index contributed by atoms with van der Waals surface area (Å²) in [5.41, 5.74) is 7.10. The number of hydrogen-bond acceptors (Lipinski definition) is 30. The standard InChI is InChI=1S/C90H149N7O30/c1-14-63(6)82(76(112-12)59-80(103)97-31-20-24-71(97)85(113-13)65(8)72(98)55-64(7)83(104)67-21-16-15-17-22-67)95(9)87(107)68(61(2)3)57-73(99)81(62(4)5)96(10)90(110)125-60-66-25-26-75(126-89-84(105)74(100)58-77(127-89)88(108)109)70(56-66)94-79(102)27-30-93-86(106)69(91)23-18-19-29-92-78(101)28-32-114-35-36-116-39-40-118-43-44-120-47-48-122-51-52-124-54-53-123-50-49-121-46-45-119-42-41-117-38-37-115-34-33-111-11/h15-17,21-22,25-26,56,58,61-65,68-69,71,74,76,81-85,89,100,104-105H,14,18-20,23-24,27-55,57,59-60,91H2,1-13H3,(H,92,101)(H,93,106)(H,94,102)(H,108,109)/t63-,64-,65-,68-,69-,71-,74-,76+,81-,82-,83+,84+,85+,89+/m0/s1. The zero-order valence-electron chi connectivity index (χ0n) is 77.1. The highest BCUT2D eigenvalue weighted by atomic mass is 16.7. The molecule has 37 heteroatoms. The van der Waals surface area contributed by atoms with Crippen LogP contribution in [0.15, 0.2) is 60.4 Å². The van der Waals surface area contributed by atoms with Crippen LogP contribution in [0.3, 0.4) is 0 Å². The van der Waals surface area contributed by atoms with E-state index in [1.54, 1.807) is 44.7 Å². The van der Waals surface area contributed by atoms with Gasteiger partial charge in [-0.1, -0.05) is 98.2 Å². The first-order valence-electron chi connectivity index (χ1n) is 44.5. The molecular formula is C90H149N7O30. The Balaban J connectivity index is 1.16. The molecule has 14 atom stereocenters. The minimum Gasteiger partial charge on any atom is -0.475 e. The molecule has 2 heterocycles. The molecule has 1 saturated heterocycles. The number of benzene rings is 2. The molecule has 4 rings (SSSR count). The molecule has 1 fully saturated rings. The molecule has 2 aromatic carbocycles. The van der Waals surface area contributed by atoms with Crippen molar-refractivity contribution in [1.29, 1.82) is 0 Å². The van der Waals surface area contributed by atoms with Gasteiger partial charge in [-0.05, 0) is 85.1 Å². The number of nitrogens with zero attached hydrogens (tertiary/aromatic N) is 3. The van der Waals surface area contributed by atoms with Gasteiger partial charge in [0.1, 0.15) is 24.2 Å². The number of rotatable bonds is 73. The largest absolute Gasteiger partial charge is 0.475 e. The molecule has 0 aliphatic carbocycles. The number of nitrogens with one attached hydrogen (secondary N) is 3. The number of carbonyl (C=O) groups is 9. The average Bonchev–Trinajstić information content (AvgIpc) is 1.78. The summed E-state index contributed by atoms with van der Waals surface area (Å²) in [5.74, 6) is -7.84. The number of methoxy groups -OCH3 is 3. The number of carboxylic acid groups (broad SMARTS) is 1. The van der Waals surface area contributed by atoms with Crippen LogP contribution in [0.1, 0.15) is 143 Å². The Bertz CT molecular complexity index is 3480. The minimum absolute atomic E-state index is 0.0824. The van der Waals surface area contributed by atoms with Crippen molar-refractivity contribution in [3.8, 4) is 5.75 Å². The molecule has 724 valence electrons. The van der Waals surface area contributed by atoms with Gasteiger partial charge < -0.3 is 137 Å². The molecule has 0 radical (unpaired) electrons. The molecule has 0 saturated carbocycles. The molecule has 2 aliphatic rings. The van der Waals surface area contributed by atoms with Crippen molar-refractivity contribution in [3.05, 3.63) is 71.5 Å². The van der Waals surface area contributed by atoms with Crippen LogP contribution in [0.5, 0.6) is 5.75 Å². The van der Waals surface area contributed by atoms with Crippen LogP contribution >= 0.6 is 0 Å². The number of hydrogen-bond donors (Lipinski definition) is 8. The molecule has 127 heavy (non-hydrogen) atoms. The number of aliphatic carboxylic acids is 1. The maximum atomic E-state index is 15.0. The SMILES string of the molecule is CC[C@H](C)[C@@H]([C@@H](CC(=O)N1CCC[C@H]1[C@H](OC)[C@@H](C)C(=O)C[C@H](C)[C@@H](O)c1ccccc1)OC)N(C)C(=O)[C@@H](CC(=O)[C@H](C(C)C)N(C)C(=O)OCc1ccc(O[C@@H]2OC(C(=O)O)=C[C@H](O)[C@H]2O)c(NC(=O)CCNC(=O)[C@@H](N)CCCCNC(=O)CCOCCOCCOCCOCCOCCOCCOCCOCCOCCOCCOCCOC)c1)C(C)C. The number of Topliss-reactive ketones (excluding diaryl/α,β-unsaturated/α-hetero) is 2. The number of amides is 6. The van der Waals surface area contributed by atoms with Crippen molar-refractivity contribution in [2.24, 2.45) is 41.2 Å². The highest BCUT2D eigenvalue weighted by Gasteiger charge is 2.45. The number of unbranched alkanes of at least 4 members (excludes halogenated alkanes) is 1. The quantitative estimate of drug-likeness (QED) is 0.0381. The number of ether oxygens (including phenoxy) is 17. The zero-order valence-corrected chi connectivity index (χ0v) is 77.1. The van der Waals surface area contributed by atoms with E-state index >= 15 is 4.79 Å². The van der Waals surface area contributed by atoms with Gasteiger partial charge in [-0.2, -0.15) is 0 Å². The topological polar surface area (TPSA) is 463 Å². The fourth-order valence-electron chi connectivity index (χ4n) is 14.6. The van der Waals surface area contributed by atoms with Gasteiger partial charge in [-0.3, -0.25) is 33.6 Å².